The van der Waals surface area contributed by atoms with Crippen molar-refractivity contribution in [3.8, 4) is 0 Å². The minimum atomic E-state index is -1.16. The molecule has 196 valence electrons. The molecule has 0 fully saturated rings. The first-order chi connectivity index (χ1) is 16.6. The van der Waals surface area contributed by atoms with Gasteiger partial charge in [-0.3, -0.25) is 0 Å². The number of hydrogen-bond acceptors (Lipinski definition) is 0. The molecule has 0 nitrogen and oxygen atoms in total. The van der Waals surface area contributed by atoms with Crippen LogP contribution in [0.25, 0.3) is 21.5 Å². The second-order valence-electron chi connectivity index (χ2n) is 11.6. The summed E-state index contributed by atoms with van der Waals surface area (Å²) in [6.07, 6.45) is 0. The van der Waals surface area contributed by atoms with Crippen molar-refractivity contribution in [1.82, 2.24) is 0 Å². The van der Waals surface area contributed by atoms with Crippen LogP contribution in [0.15, 0.2) is 48.5 Å². The third kappa shape index (κ3) is 9.41. The van der Waals surface area contributed by atoms with Crippen molar-refractivity contribution in [2.24, 2.45) is 0 Å². The summed E-state index contributed by atoms with van der Waals surface area (Å²) >= 11 is -0.556. The first kappa shape index (κ1) is 33.6. The molecule has 0 unspecified atom stereocenters. The number of fused-ring (bicyclic) bond motifs is 2. The Balaban J connectivity index is 0.000000296. The average molecular weight is 608 g/mol. The van der Waals surface area contributed by atoms with Crippen LogP contribution < -0.4 is 10.4 Å². The van der Waals surface area contributed by atoms with Gasteiger partial charge >= 0.3 is 35.6 Å². The Labute approximate surface area is 242 Å². The van der Waals surface area contributed by atoms with Crippen LogP contribution in [0.3, 0.4) is 0 Å². The van der Waals surface area contributed by atoms with Gasteiger partial charge in [0.15, 0.2) is 0 Å². The molecule has 4 rings (SSSR count). The Morgan fingerprint density at radius 1 is 0.611 bits per heavy atom. The molecule has 6 heteroatoms. The molecule has 0 spiro atoms. The van der Waals surface area contributed by atoms with Crippen molar-refractivity contribution in [2.45, 2.75) is 80.1 Å². The summed E-state index contributed by atoms with van der Waals surface area (Å²) in [5.41, 5.74) is 5.61. The van der Waals surface area contributed by atoms with Gasteiger partial charge < -0.3 is 0 Å². The van der Waals surface area contributed by atoms with Crippen molar-refractivity contribution < 1.29 is 17.0 Å². The van der Waals surface area contributed by atoms with Gasteiger partial charge in [0, 0.05) is 9.52 Å². The van der Waals surface area contributed by atoms with E-state index in [4.69, 9.17) is 18.6 Å². The van der Waals surface area contributed by atoms with Gasteiger partial charge in [-0.1, -0.05) is 89.5 Å². The minimum absolute atomic E-state index is 0.556. The SMILES string of the molecule is C[Si]C.Cc1ccc(C)c2[cH-]c([Si](C)(C)C)cc12.Cc1ccc(C)c2[cH-]c([Si](C)(C)C)cc12.[Cl][Ti][Cl]. The third-order valence-corrected chi connectivity index (χ3v) is 10.4. The van der Waals surface area contributed by atoms with E-state index in [9.17, 15) is 0 Å². The molecule has 0 aromatic heterocycles. The molecule has 4 aromatic carbocycles. The van der Waals surface area contributed by atoms with E-state index in [0.717, 1.165) is 9.52 Å². The molecule has 0 N–H and O–H groups in total. The van der Waals surface area contributed by atoms with E-state index in [0.29, 0.717) is 0 Å². The third-order valence-electron chi connectivity index (χ3n) is 6.38. The first-order valence-corrected chi connectivity index (χ1v) is 25.8. The molecule has 0 saturated heterocycles. The maximum absolute atomic E-state index is 4.89. The van der Waals surface area contributed by atoms with Gasteiger partial charge in [-0.25, -0.2) is 0 Å². The molecule has 36 heavy (non-hydrogen) atoms. The Hall–Kier alpha value is -0.395. The summed E-state index contributed by atoms with van der Waals surface area (Å²) in [6.45, 7) is 27.6. The molecule has 0 amide bonds. The fourth-order valence-corrected chi connectivity index (χ4v) is 6.36. The van der Waals surface area contributed by atoms with E-state index < -0.39 is 33.2 Å². The van der Waals surface area contributed by atoms with Crippen molar-refractivity contribution >= 4 is 76.2 Å². The molecule has 2 radical (unpaired) electrons. The van der Waals surface area contributed by atoms with Crippen LogP contribution in [0.5, 0.6) is 0 Å². The van der Waals surface area contributed by atoms with Gasteiger partial charge in [-0.05, 0) is 13.8 Å². The monoisotopic (exact) mass is 606 g/mol. The van der Waals surface area contributed by atoms with E-state index in [1.54, 1.807) is 10.4 Å². The Morgan fingerprint density at radius 2 is 0.861 bits per heavy atom. The van der Waals surface area contributed by atoms with Crippen LogP contribution in [-0.2, 0) is 17.0 Å². The topological polar surface area (TPSA) is 0 Å². The Morgan fingerprint density at radius 3 is 1.08 bits per heavy atom. The quantitative estimate of drug-likeness (QED) is 0.157. The van der Waals surface area contributed by atoms with Gasteiger partial charge in [0.1, 0.15) is 0 Å². The summed E-state index contributed by atoms with van der Waals surface area (Å²) in [4.78, 5) is 0. The van der Waals surface area contributed by atoms with Crippen molar-refractivity contribution in [3.63, 3.8) is 0 Å². The molecule has 0 bridgehead atoms. The van der Waals surface area contributed by atoms with Gasteiger partial charge in [-0.15, -0.1) is 67.3 Å². The summed E-state index contributed by atoms with van der Waals surface area (Å²) < 4.78 is 0. The zero-order valence-electron chi connectivity index (χ0n) is 24.4. The summed E-state index contributed by atoms with van der Waals surface area (Å²) in [5, 5.41) is 8.96. The number of rotatable bonds is 2. The number of hydrogen-bond donors (Lipinski definition) is 0. The summed E-state index contributed by atoms with van der Waals surface area (Å²) in [6, 6.07) is 18.5. The number of halogens is 2. The van der Waals surface area contributed by atoms with E-state index in [1.807, 2.05) is 0 Å². The fraction of sp³-hybridized carbons (Fsp3) is 0.400. The van der Waals surface area contributed by atoms with E-state index in [2.05, 4.69) is 129 Å². The average Bonchev–Trinajstić information content (AvgIpc) is 3.42. The number of aryl methyl sites for hydroxylation is 4. The maximum atomic E-state index is 4.89. The second kappa shape index (κ2) is 14.7. The van der Waals surface area contributed by atoms with Crippen molar-refractivity contribution in [2.75, 3.05) is 0 Å². The Bertz CT molecular complexity index is 1070. The van der Waals surface area contributed by atoms with Crippen molar-refractivity contribution in [1.29, 1.82) is 0 Å². The van der Waals surface area contributed by atoms with Crippen LogP contribution in [0.1, 0.15) is 22.3 Å². The Kier molecular flexibility index (Phi) is 13.7. The van der Waals surface area contributed by atoms with Gasteiger partial charge in [0.05, 0.1) is 16.1 Å². The zero-order valence-corrected chi connectivity index (χ0v) is 30.4. The predicted molar refractivity (Wildman–Crippen MR) is 173 cm³/mol. The van der Waals surface area contributed by atoms with Crippen molar-refractivity contribution in [3.05, 3.63) is 70.8 Å². The normalized spacial score (nSPS) is 11.2. The van der Waals surface area contributed by atoms with Crippen LogP contribution >= 0.6 is 18.6 Å². The molecule has 0 atom stereocenters. The second-order valence-corrected chi connectivity index (χ2v) is 25.3. The van der Waals surface area contributed by atoms with E-state index in [-0.39, 0.29) is 0 Å². The standard InChI is InChI=1S/2C14H19Si.C2H6Si.2ClH.Ti/c2*1-10-6-7-11(2)14-9-12(8-13(10)14)15(3,4)5;1-3-2;;;/h2*6-9H,1-5H3;1-2H3;2*1H;/q2*-1;;;;+2/p-2. The van der Waals surface area contributed by atoms with Gasteiger partial charge in [0.25, 0.3) is 0 Å². The van der Waals surface area contributed by atoms with Crippen LogP contribution in [0, 0.1) is 27.7 Å². The molecule has 4 aromatic rings. The van der Waals surface area contributed by atoms with E-state index >= 15 is 0 Å². The number of benzene rings is 2. The van der Waals surface area contributed by atoms with E-state index in [1.165, 1.54) is 43.8 Å². The van der Waals surface area contributed by atoms with Crippen LogP contribution in [0.4, 0.5) is 0 Å². The predicted octanol–water partition coefficient (Wildman–Crippen LogP) is 9.60. The molecular formula is C30H44Cl2Si3Ti-2. The first-order valence-electron chi connectivity index (χ1n) is 12.5. The zero-order chi connectivity index (χ0) is 27.8. The van der Waals surface area contributed by atoms with Crippen LogP contribution in [0.2, 0.25) is 52.4 Å². The van der Waals surface area contributed by atoms with Crippen LogP contribution in [-0.4, -0.2) is 25.7 Å². The fourth-order valence-electron chi connectivity index (χ4n) is 4.05. The molecule has 0 heterocycles. The molecule has 0 aliphatic carbocycles. The molecular weight excluding hydrogens is 563 g/mol. The van der Waals surface area contributed by atoms with Gasteiger partial charge in [-0.2, -0.15) is 12.1 Å². The molecule has 0 aliphatic heterocycles. The molecule has 0 saturated carbocycles. The van der Waals surface area contributed by atoms with Gasteiger partial charge in [0.2, 0.25) is 0 Å². The molecule has 0 aliphatic rings. The summed E-state index contributed by atoms with van der Waals surface area (Å²) in [5.74, 6) is 0. The summed E-state index contributed by atoms with van der Waals surface area (Å²) in [7, 11) is 8.54.